The maximum atomic E-state index is 12.5. The number of nitrogens with one attached hydrogen (secondary N) is 2. The number of piperazine rings is 1. The van der Waals surface area contributed by atoms with E-state index < -0.39 is 0 Å². The van der Waals surface area contributed by atoms with Crippen LogP contribution < -0.4 is 15.5 Å². The van der Waals surface area contributed by atoms with Crippen molar-refractivity contribution in [3.63, 3.8) is 0 Å². The minimum Gasteiger partial charge on any atom is -0.353 e. The molecule has 28 heavy (non-hydrogen) atoms. The highest BCUT2D eigenvalue weighted by molar-refractivity contribution is 7.09. The Bertz CT molecular complexity index is 898. The molecule has 144 valence electrons. The van der Waals surface area contributed by atoms with Crippen LogP contribution in [0.5, 0.6) is 0 Å². The Morgan fingerprint density at radius 2 is 2.11 bits per heavy atom. The molecule has 5 nitrogen and oxygen atoms in total. The Labute approximate surface area is 169 Å². The number of rotatable bonds is 6. The predicted octanol–water partition coefficient (Wildman–Crippen LogP) is 3.27. The molecular weight excluding hydrogens is 368 g/mol. The quantitative estimate of drug-likeness (QED) is 0.676. The van der Waals surface area contributed by atoms with E-state index in [-0.39, 0.29) is 11.9 Å². The standard InChI is InChI=1S/C22H24N4OS/c27-22(25-11-9-19-7-4-14-28-19)18-8-10-24-21(15-18)26-13-12-23-20(16-26)17-5-2-1-3-6-17/h1-8,10,14-15,20,23H,9,11-13,16H2,(H,25,27). The Kier molecular flexibility index (Phi) is 5.99. The number of anilines is 1. The summed E-state index contributed by atoms with van der Waals surface area (Å²) in [6.07, 6.45) is 2.58. The molecule has 0 spiro atoms. The summed E-state index contributed by atoms with van der Waals surface area (Å²) in [5.74, 6) is 0.809. The minimum absolute atomic E-state index is 0.0463. The monoisotopic (exact) mass is 392 g/mol. The lowest BCUT2D eigenvalue weighted by Crippen LogP contribution is -2.46. The van der Waals surface area contributed by atoms with Crippen LogP contribution >= 0.6 is 11.3 Å². The molecule has 4 rings (SSSR count). The Hall–Kier alpha value is -2.70. The molecule has 1 aliphatic heterocycles. The summed E-state index contributed by atoms with van der Waals surface area (Å²) < 4.78 is 0. The number of pyridine rings is 1. The molecule has 3 aromatic rings. The van der Waals surface area contributed by atoms with E-state index in [0.29, 0.717) is 12.1 Å². The van der Waals surface area contributed by atoms with Gasteiger partial charge in [0.2, 0.25) is 0 Å². The van der Waals surface area contributed by atoms with E-state index in [1.54, 1.807) is 23.6 Å². The smallest absolute Gasteiger partial charge is 0.251 e. The number of aromatic nitrogens is 1. The van der Waals surface area contributed by atoms with E-state index in [9.17, 15) is 4.79 Å². The number of carbonyl (C=O) groups excluding carboxylic acids is 1. The molecule has 6 heteroatoms. The summed E-state index contributed by atoms with van der Waals surface area (Å²) in [5.41, 5.74) is 1.93. The fourth-order valence-corrected chi connectivity index (χ4v) is 4.16. The number of hydrogen-bond acceptors (Lipinski definition) is 5. The lowest BCUT2D eigenvalue weighted by molar-refractivity contribution is 0.0954. The third-order valence-corrected chi connectivity index (χ3v) is 5.88. The Morgan fingerprint density at radius 3 is 2.93 bits per heavy atom. The van der Waals surface area contributed by atoms with Crippen LogP contribution in [0.25, 0.3) is 0 Å². The third-order valence-electron chi connectivity index (χ3n) is 4.95. The minimum atomic E-state index is -0.0463. The van der Waals surface area contributed by atoms with Crippen molar-refractivity contribution in [2.45, 2.75) is 12.5 Å². The van der Waals surface area contributed by atoms with Gasteiger partial charge in [-0.25, -0.2) is 4.98 Å². The van der Waals surface area contributed by atoms with Gasteiger partial charge in [0, 0.05) is 48.9 Å². The van der Waals surface area contributed by atoms with Crippen molar-refractivity contribution in [1.29, 1.82) is 0 Å². The van der Waals surface area contributed by atoms with Gasteiger partial charge in [-0.2, -0.15) is 0 Å². The lowest BCUT2D eigenvalue weighted by atomic mass is 10.0. The second-order valence-electron chi connectivity index (χ2n) is 6.85. The maximum Gasteiger partial charge on any atom is 0.251 e. The summed E-state index contributed by atoms with van der Waals surface area (Å²) in [5, 5.41) is 8.64. The van der Waals surface area contributed by atoms with E-state index in [1.165, 1.54) is 10.4 Å². The second kappa shape index (κ2) is 8.99. The largest absolute Gasteiger partial charge is 0.353 e. The summed E-state index contributed by atoms with van der Waals surface area (Å²) in [6.45, 7) is 3.24. The van der Waals surface area contributed by atoms with Crippen molar-refractivity contribution in [3.8, 4) is 0 Å². The molecule has 1 atom stereocenters. The molecule has 1 unspecified atom stereocenters. The summed E-state index contributed by atoms with van der Waals surface area (Å²) in [4.78, 5) is 20.6. The van der Waals surface area contributed by atoms with E-state index in [2.05, 4.69) is 56.2 Å². The first-order chi connectivity index (χ1) is 13.8. The topological polar surface area (TPSA) is 57.3 Å². The lowest BCUT2D eigenvalue weighted by Gasteiger charge is -2.34. The van der Waals surface area contributed by atoms with E-state index >= 15 is 0 Å². The third kappa shape index (κ3) is 4.58. The molecule has 2 N–H and O–H groups in total. The van der Waals surface area contributed by atoms with Crippen molar-refractivity contribution < 1.29 is 4.79 Å². The maximum absolute atomic E-state index is 12.5. The van der Waals surface area contributed by atoms with Crippen LogP contribution in [0.3, 0.4) is 0 Å². The van der Waals surface area contributed by atoms with Crippen molar-refractivity contribution in [2.24, 2.45) is 0 Å². The van der Waals surface area contributed by atoms with Crippen LogP contribution in [0.4, 0.5) is 5.82 Å². The molecule has 1 saturated heterocycles. The summed E-state index contributed by atoms with van der Waals surface area (Å²) in [7, 11) is 0. The van der Waals surface area contributed by atoms with E-state index in [4.69, 9.17) is 0 Å². The first-order valence-electron chi connectivity index (χ1n) is 9.59. The molecule has 0 aliphatic carbocycles. The highest BCUT2D eigenvalue weighted by Gasteiger charge is 2.22. The number of nitrogens with zero attached hydrogens (tertiary/aromatic N) is 2. The number of carbonyl (C=O) groups is 1. The van der Waals surface area contributed by atoms with Crippen LogP contribution in [-0.4, -0.2) is 37.1 Å². The first kappa shape index (κ1) is 18.7. The van der Waals surface area contributed by atoms with Gasteiger partial charge >= 0.3 is 0 Å². The van der Waals surface area contributed by atoms with E-state index in [0.717, 1.165) is 31.9 Å². The van der Waals surface area contributed by atoms with Crippen LogP contribution in [0, 0.1) is 0 Å². The molecule has 1 amide bonds. The Morgan fingerprint density at radius 1 is 1.21 bits per heavy atom. The van der Waals surface area contributed by atoms with Crippen molar-refractivity contribution in [1.82, 2.24) is 15.6 Å². The normalized spacial score (nSPS) is 16.7. The van der Waals surface area contributed by atoms with Gasteiger partial charge in [-0.1, -0.05) is 36.4 Å². The summed E-state index contributed by atoms with van der Waals surface area (Å²) >= 11 is 1.72. The van der Waals surface area contributed by atoms with Crippen LogP contribution in [-0.2, 0) is 6.42 Å². The molecule has 0 radical (unpaired) electrons. The molecule has 2 aromatic heterocycles. The highest BCUT2D eigenvalue weighted by atomic mass is 32.1. The summed E-state index contributed by atoms with van der Waals surface area (Å²) in [6, 6.07) is 18.5. The van der Waals surface area contributed by atoms with Crippen molar-refractivity contribution >= 4 is 23.1 Å². The van der Waals surface area contributed by atoms with Gasteiger partial charge in [0.15, 0.2) is 0 Å². The molecule has 3 heterocycles. The number of benzene rings is 1. The second-order valence-corrected chi connectivity index (χ2v) is 7.88. The average Bonchev–Trinajstić information content (AvgIpc) is 3.28. The number of thiophene rings is 1. The van der Waals surface area contributed by atoms with Gasteiger partial charge < -0.3 is 15.5 Å². The molecule has 1 aliphatic rings. The zero-order valence-corrected chi connectivity index (χ0v) is 16.5. The SMILES string of the molecule is O=C(NCCc1cccs1)c1ccnc(N2CCNC(c3ccccc3)C2)c1. The van der Waals surface area contributed by atoms with Gasteiger partial charge in [-0.05, 0) is 35.6 Å². The molecular formula is C22H24N4OS. The van der Waals surface area contributed by atoms with Gasteiger partial charge in [-0.15, -0.1) is 11.3 Å². The van der Waals surface area contributed by atoms with Crippen LogP contribution in [0.15, 0.2) is 66.2 Å². The van der Waals surface area contributed by atoms with Crippen molar-refractivity contribution in [3.05, 3.63) is 82.2 Å². The number of hydrogen-bond donors (Lipinski definition) is 2. The van der Waals surface area contributed by atoms with Crippen LogP contribution in [0.2, 0.25) is 0 Å². The average molecular weight is 393 g/mol. The predicted molar refractivity (Wildman–Crippen MR) is 114 cm³/mol. The zero-order chi connectivity index (χ0) is 19.2. The molecule has 1 fully saturated rings. The fraction of sp³-hybridized carbons (Fsp3) is 0.273. The van der Waals surface area contributed by atoms with Gasteiger partial charge in [-0.3, -0.25) is 4.79 Å². The first-order valence-corrected chi connectivity index (χ1v) is 10.5. The van der Waals surface area contributed by atoms with E-state index in [1.807, 2.05) is 18.2 Å². The molecule has 0 saturated carbocycles. The molecule has 0 bridgehead atoms. The molecule has 1 aromatic carbocycles. The zero-order valence-electron chi connectivity index (χ0n) is 15.7. The number of amides is 1. The Balaban J connectivity index is 1.39. The van der Waals surface area contributed by atoms with Crippen LogP contribution in [0.1, 0.15) is 26.8 Å². The highest BCUT2D eigenvalue weighted by Crippen LogP contribution is 2.21. The van der Waals surface area contributed by atoms with Crippen molar-refractivity contribution in [2.75, 3.05) is 31.1 Å². The fourth-order valence-electron chi connectivity index (χ4n) is 3.46. The van der Waals surface area contributed by atoms with Gasteiger partial charge in [0.1, 0.15) is 5.82 Å². The van der Waals surface area contributed by atoms with Gasteiger partial charge in [0.25, 0.3) is 5.91 Å². The van der Waals surface area contributed by atoms with Gasteiger partial charge in [0.05, 0.1) is 0 Å².